The summed E-state index contributed by atoms with van der Waals surface area (Å²) in [7, 11) is 2.17. The molecule has 0 aliphatic carbocycles. The van der Waals surface area contributed by atoms with E-state index in [4.69, 9.17) is 37.4 Å². The molecule has 2 aliphatic heterocycles. The van der Waals surface area contributed by atoms with Crippen LogP contribution in [0.4, 0.5) is 0 Å². The van der Waals surface area contributed by atoms with Gasteiger partial charge in [0, 0.05) is 28.2 Å². The number of nitrogens with one attached hydrogen (secondary N) is 1. The van der Waals surface area contributed by atoms with Crippen LogP contribution in [0.15, 0.2) is 66.7 Å². The van der Waals surface area contributed by atoms with Crippen molar-refractivity contribution >= 4 is 40.6 Å². The van der Waals surface area contributed by atoms with Crippen LogP contribution in [0.5, 0.6) is 11.5 Å². The summed E-state index contributed by atoms with van der Waals surface area (Å²) in [6.07, 6.45) is 0.760. The summed E-state index contributed by atoms with van der Waals surface area (Å²) in [6, 6.07) is 21.4. The lowest BCUT2D eigenvalue weighted by atomic mass is 9.93. The number of aromatic amines is 1. The fraction of sp³-hybridized carbons (Fsp3) is 0.276. The largest absolute Gasteiger partial charge is 0.488 e. The molecule has 3 heterocycles. The molecule has 38 heavy (non-hydrogen) atoms. The summed E-state index contributed by atoms with van der Waals surface area (Å²) < 4.78 is 21.2. The average Bonchev–Trinajstić information content (AvgIpc) is 3.57. The number of hydrogen-bond acceptors (Lipinski definition) is 6. The number of H-pyrrole nitrogens is 1. The van der Waals surface area contributed by atoms with Crippen molar-refractivity contribution < 1.29 is 23.7 Å². The number of benzene rings is 3. The molecule has 4 aromatic rings. The van der Waals surface area contributed by atoms with Crippen LogP contribution in [0.1, 0.15) is 22.9 Å². The lowest BCUT2D eigenvalue weighted by molar-refractivity contribution is -0.120. The number of ether oxygens (including phenoxy) is 4. The second kappa shape index (κ2) is 12.2. The van der Waals surface area contributed by atoms with Crippen LogP contribution in [0, 0.1) is 0 Å². The smallest absolute Gasteiger partial charge is 0.298 e. The van der Waals surface area contributed by atoms with E-state index in [9.17, 15) is 4.79 Å². The number of halogens is 2. The first-order valence-electron chi connectivity index (χ1n) is 12.3. The quantitative estimate of drug-likeness (QED) is 0.293. The number of aromatic nitrogens is 1. The van der Waals surface area contributed by atoms with Crippen molar-refractivity contribution in [2.45, 2.75) is 18.8 Å². The molecular weight excluding hydrogens is 527 g/mol. The molecule has 3 aromatic carbocycles. The number of para-hydroxylation sites is 1. The Morgan fingerprint density at radius 1 is 1.05 bits per heavy atom. The van der Waals surface area contributed by atoms with Gasteiger partial charge in [0.1, 0.15) is 18.1 Å². The third-order valence-electron chi connectivity index (χ3n) is 6.61. The van der Waals surface area contributed by atoms with E-state index in [0.29, 0.717) is 37.1 Å². The summed E-state index contributed by atoms with van der Waals surface area (Å²) >= 11 is 11.9. The van der Waals surface area contributed by atoms with Gasteiger partial charge >= 0.3 is 0 Å². The molecule has 9 heteroatoms. The molecule has 0 radical (unpaired) electrons. The van der Waals surface area contributed by atoms with E-state index in [1.807, 2.05) is 18.2 Å². The molecule has 1 aromatic heterocycles. The number of fused-ring (bicyclic) bond motifs is 3. The lowest BCUT2D eigenvalue weighted by Gasteiger charge is -2.33. The molecule has 1 unspecified atom stereocenters. The van der Waals surface area contributed by atoms with Crippen molar-refractivity contribution in [2.24, 2.45) is 0 Å². The van der Waals surface area contributed by atoms with E-state index >= 15 is 0 Å². The topological polar surface area (TPSA) is 73.0 Å². The maximum absolute atomic E-state index is 9.85. The summed E-state index contributed by atoms with van der Waals surface area (Å²) in [6.45, 7) is 3.04. The van der Waals surface area contributed by atoms with Gasteiger partial charge in [-0.15, -0.1) is 0 Å². The van der Waals surface area contributed by atoms with Crippen molar-refractivity contribution in [1.29, 1.82) is 0 Å². The maximum atomic E-state index is 9.85. The van der Waals surface area contributed by atoms with Crippen molar-refractivity contribution in [3.05, 3.63) is 93.6 Å². The second-order valence-electron chi connectivity index (χ2n) is 9.04. The number of nitrogens with zero attached hydrogens (tertiary/aromatic N) is 1. The minimum Gasteiger partial charge on any atom is -0.488 e. The number of carbonyl (C=O) groups excluding carboxylic acids is 1. The highest BCUT2D eigenvalue weighted by Gasteiger charge is 2.29. The van der Waals surface area contributed by atoms with Gasteiger partial charge in [-0.3, -0.25) is 9.69 Å². The van der Waals surface area contributed by atoms with Gasteiger partial charge < -0.3 is 23.9 Å². The van der Waals surface area contributed by atoms with Crippen LogP contribution >= 0.6 is 23.2 Å². The van der Waals surface area contributed by atoms with Crippen molar-refractivity contribution in [1.82, 2.24) is 9.88 Å². The van der Waals surface area contributed by atoms with Gasteiger partial charge in [-0.1, -0.05) is 47.5 Å². The summed E-state index contributed by atoms with van der Waals surface area (Å²) in [4.78, 5) is 15.9. The van der Waals surface area contributed by atoms with Crippen molar-refractivity contribution in [3.63, 3.8) is 0 Å². The Morgan fingerprint density at radius 2 is 1.82 bits per heavy atom. The van der Waals surface area contributed by atoms with Gasteiger partial charge in [0.2, 0.25) is 0 Å². The fourth-order valence-corrected chi connectivity index (χ4v) is 5.16. The van der Waals surface area contributed by atoms with Gasteiger partial charge in [-0.25, -0.2) is 0 Å². The highest BCUT2D eigenvalue weighted by atomic mass is 35.5. The first kappa shape index (κ1) is 26.5. The van der Waals surface area contributed by atoms with Crippen LogP contribution in [0.3, 0.4) is 0 Å². The van der Waals surface area contributed by atoms with Crippen LogP contribution in [0.2, 0.25) is 10.0 Å². The summed E-state index contributed by atoms with van der Waals surface area (Å²) in [5, 5.41) is 2.45. The third kappa shape index (κ3) is 5.98. The molecule has 0 spiro atoms. The van der Waals surface area contributed by atoms with Gasteiger partial charge in [0.15, 0.2) is 6.29 Å². The molecule has 1 fully saturated rings. The van der Waals surface area contributed by atoms with E-state index in [2.05, 4.69) is 45.9 Å². The first-order valence-corrected chi connectivity index (χ1v) is 13.1. The number of rotatable bonds is 6. The van der Waals surface area contributed by atoms with E-state index < -0.39 is 0 Å². The SMILES string of the molecule is CN1CCc2c([nH]c3ccc(Cl)cc23)C1c1ccc(OCC2OCCO2)cc1.O=COc1ccccc1Cl. The molecular formula is C29H28Cl2N2O5. The van der Waals surface area contributed by atoms with E-state index in [1.165, 1.54) is 22.2 Å². The Bertz CT molecular complexity index is 1390. The Balaban J connectivity index is 0.000000249. The van der Waals surface area contributed by atoms with Crippen LogP contribution in [0.25, 0.3) is 10.9 Å². The lowest BCUT2D eigenvalue weighted by Crippen LogP contribution is -2.32. The zero-order valence-electron chi connectivity index (χ0n) is 20.9. The zero-order valence-corrected chi connectivity index (χ0v) is 22.4. The molecule has 6 rings (SSSR count). The van der Waals surface area contributed by atoms with Gasteiger partial charge in [-0.2, -0.15) is 0 Å². The van der Waals surface area contributed by atoms with Crippen LogP contribution in [-0.4, -0.2) is 56.1 Å². The summed E-state index contributed by atoms with van der Waals surface area (Å²) in [5.41, 5.74) is 5.01. The van der Waals surface area contributed by atoms with Gasteiger partial charge in [-0.05, 0) is 67.1 Å². The van der Waals surface area contributed by atoms with Crippen LogP contribution in [-0.2, 0) is 20.7 Å². The first-order chi connectivity index (χ1) is 18.5. The van der Waals surface area contributed by atoms with Crippen LogP contribution < -0.4 is 9.47 Å². The normalized spacial score (nSPS) is 17.5. The number of hydrogen-bond donors (Lipinski definition) is 1. The Kier molecular flexibility index (Phi) is 8.51. The number of likely N-dealkylation sites (N-methyl/N-ethyl adjacent to an activating group) is 1. The molecule has 1 atom stereocenters. The van der Waals surface area contributed by atoms with Crippen molar-refractivity contribution in [2.75, 3.05) is 33.4 Å². The molecule has 0 bridgehead atoms. The second-order valence-corrected chi connectivity index (χ2v) is 9.88. The van der Waals surface area contributed by atoms with Crippen molar-refractivity contribution in [3.8, 4) is 11.5 Å². The maximum Gasteiger partial charge on any atom is 0.298 e. The minimum absolute atomic E-state index is 0.186. The summed E-state index contributed by atoms with van der Waals surface area (Å²) in [5.74, 6) is 1.21. The highest BCUT2D eigenvalue weighted by Crippen LogP contribution is 2.38. The van der Waals surface area contributed by atoms with Gasteiger partial charge in [0.05, 0.1) is 24.3 Å². The van der Waals surface area contributed by atoms with E-state index in [0.717, 1.165) is 29.3 Å². The van der Waals surface area contributed by atoms with Gasteiger partial charge in [0.25, 0.3) is 6.47 Å². The predicted octanol–water partition coefficient (Wildman–Crippen LogP) is 6.03. The fourth-order valence-electron chi connectivity index (χ4n) is 4.81. The molecule has 0 amide bonds. The Morgan fingerprint density at radius 3 is 2.55 bits per heavy atom. The third-order valence-corrected chi connectivity index (χ3v) is 7.16. The minimum atomic E-state index is -0.259. The highest BCUT2D eigenvalue weighted by molar-refractivity contribution is 6.32. The average molecular weight is 555 g/mol. The Labute approximate surface area is 231 Å². The zero-order chi connectivity index (χ0) is 26.5. The standard InChI is InChI=1S/C22H23ClN2O3.C7H5ClO2/c1-25-9-8-17-18-12-15(23)4-7-19(18)24-21(17)22(25)14-2-5-16(6-3-14)28-13-20-26-10-11-27-20;8-6-3-1-2-4-7(6)10-5-9/h2-7,12,20,22,24H,8-11,13H2,1H3;1-5H. The number of carbonyl (C=O) groups is 1. The Hall–Kier alpha value is -3.07. The molecule has 1 N–H and O–H groups in total. The molecule has 0 saturated carbocycles. The van der Waals surface area contributed by atoms with E-state index in [1.54, 1.807) is 24.3 Å². The monoisotopic (exact) mass is 554 g/mol. The predicted molar refractivity (Wildman–Crippen MR) is 147 cm³/mol. The molecule has 7 nitrogen and oxygen atoms in total. The molecule has 1 saturated heterocycles. The molecule has 2 aliphatic rings. The molecule has 198 valence electrons. The van der Waals surface area contributed by atoms with E-state index in [-0.39, 0.29) is 12.3 Å².